The van der Waals surface area contributed by atoms with Crippen molar-refractivity contribution in [3.8, 4) is 0 Å². The second kappa shape index (κ2) is 4.53. The zero-order valence-electron chi connectivity index (χ0n) is 12.2. The van der Waals surface area contributed by atoms with E-state index < -0.39 is 0 Å². The highest BCUT2D eigenvalue weighted by atomic mass is 16.5. The largest absolute Gasteiger partial charge is 0.377 e. The van der Waals surface area contributed by atoms with Gasteiger partial charge in [0, 0.05) is 5.92 Å². The molecule has 20 heavy (non-hydrogen) atoms. The monoisotopic (exact) mass is 277 g/mol. The Bertz CT molecular complexity index is 485. The van der Waals surface area contributed by atoms with Gasteiger partial charge in [-0.05, 0) is 56.8 Å². The van der Waals surface area contributed by atoms with Crippen LogP contribution in [0.25, 0.3) is 0 Å². The van der Waals surface area contributed by atoms with Crippen LogP contribution in [0.15, 0.2) is 4.52 Å². The molecular formula is C15H23N3O2. The molecule has 5 heteroatoms. The lowest BCUT2D eigenvalue weighted by atomic mass is 10.0. The van der Waals surface area contributed by atoms with Crippen LogP contribution in [-0.2, 0) is 4.74 Å². The van der Waals surface area contributed by atoms with Crippen molar-refractivity contribution in [2.45, 2.75) is 51.2 Å². The maximum absolute atomic E-state index is 6.05. The minimum atomic E-state index is -0.287. The van der Waals surface area contributed by atoms with E-state index in [0.29, 0.717) is 18.3 Å². The number of nitrogens with two attached hydrogens (primary N) is 1. The Kier molecular flexibility index (Phi) is 2.89. The highest BCUT2D eigenvalue weighted by Crippen LogP contribution is 2.72. The van der Waals surface area contributed by atoms with Crippen LogP contribution in [0.1, 0.15) is 56.8 Å². The minimum Gasteiger partial charge on any atom is -0.377 e. The molecule has 5 atom stereocenters. The molecule has 2 bridgehead atoms. The molecule has 0 radical (unpaired) electrons. The number of aromatic nitrogens is 2. The van der Waals surface area contributed by atoms with Crippen LogP contribution in [0.5, 0.6) is 0 Å². The van der Waals surface area contributed by atoms with Crippen LogP contribution >= 0.6 is 0 Å². The molecule has 4 rings (SSSR count). The van der Waals surface area contributed by atoms with Gasteiger partial charge in [0.15, 0.2) is 5.82 Å². The zero-order valence-corrected chi connectivity index (χ0v) is 12.2. The molecule has 1 aromatic heterocycles. The Labute approximate surface area is 119 Å². The lowest BCUT2D eigenvalue weighted by Crippen LogP contribution is -2.20. The third-order valence-electron chi connectivity index (χ3n) is 5.42. The van der Waals surface area contributed by atoms with Crippen molar-refractivity contribution in [2.75, 3.05) is 6.61 Å². The summed E-state index contributed by atoms with van der Waals surface area (Å²) in [5.41, 5.74) is 6.05. The Morgan fingerprint density at radius 2 is 2.00 bits per heavy atom. The third kappa shape index (κ3) is 1.91. The summed E-state index contributed by atoms with van der Waals surface area (Å²) in [7, 11) is 0. The maximum Gasteiger partial charge on any atom is 0.230 e. The molecule has 0 amide bonds. The van der Waals surface area contributed by atoms with Crippen LogP contribution in [0, 0.1) is 23.7 Å². The zero-order chi connectivity index (χ0) is 13.9. The van der Waals surface area contributed by atoms with Gasteiger partial charge >= 0.3 is 0 Å². The van der Waals surface area contributed by atoms with Crippen molar-refractivity contribution in [1.82, 2.24) is 10.1 Å². The van der Waals surface area contributed by atoms with Gasteiger partial charge < -0.3 is 15.0 Å². The highest BCUT2D eigenvalue weighted by molar-refractivity contribution is 5.23. The van der Waals surface area contributed by atoms with Crippen LogP contribution in [0.3, 0.4) is 0 Å². The molecule has 2 N–H and O–H groups in total. The summed E-state index contributed by atoms with van der Waals surface area (Å²) in [6, 6.07) is -0.287. The molecule has 5 nitrogen and oxygen atoms in total. The maximum atomic E-state index is 6.05. The first-order valence-corrected chi connectivity index (χ1v) is 7.86. The first-order chi connectivity index (χ1) is 9.65. The molecule has 0 aromatic carbocycles. The molecule has 3 aliphatic carbocycles. The standard InChI is InChI=1S/C15H23N3O2/c1-7(2)19-6-10(16)14-17-15(20-18-14)13-11-8-3-4-9(5-8)12(11)13/h7-13H,3-6,16H2,1-2H3. The predicted molar refractivity (Wildman–Crippen MR) is 72.9 cm³/mol. The summed E-state index contributed by atoms with van der Waals surface area (Å²) < 4.78 is 11.0. The normalized spacial score (nSPS) is 39.3. The van der Waals surface area contributed by atoms with E-state index in [1.54, 1.807) is 0 Å². The summed E-state index contributed by atoms with van der Waals surface area (Å²) in [6.07, 6.45) is 4.43. The van der Waals surface area contributed by atoms with E-state index in [1.807, 2.05) is 13.8 Å². The molecule has 3 saturated carbocycles. The van der Waals surface area contributed by atoms with Gasteiger partial charge in [-0.25, -0.2) is 0 Å². The third-order valence-corrected chi connectivity index (χ3v) is 5.42. The number of hydrogen-bond donors (Lipinski definition) is 1. The molecular weight excluding hydrogens is 254 g/mol. The van der Waals surface area contributed by atoms with Crippen molar-refractivity contribution in [3.63, 3.8) is 0 Å². The average Bonchev–Trinajstić information content (AvgIpc) is 2.86. The topological polar surface area (TPSA) is 74.2 Å². The molecule has 0 spiro atoms. The summed E-state index contributed by atoms with van der Waals surface area (Å²) in [5, 5.41) is 4.06. The number of rotatable bonds is 5. The van der Waals surface area contributed by atoms with Crippen LogP contribution in [-0.4, -0.2) is 22.9 Å². The van der Waals surface area contributed by atoms with E-state index in [4.69, 9.17) is 15.0 Å². The van der Waals surface area contributed by atoms with Gasteiger partial charge in [-0.15, -0.1) is 0 Å². The molecule has 0 aliphatic heterocycles. The fraction of sp³-hybridized carbons (Fsp3) is 0.867. The van der Waals surface area contributed by atoms with Crippen molar-refractivity contribution in [1.29, 1.82) is 0 Å². The lowest BCUT2D eigenvalue weighted by molar-refractivity contribution is 0.0665. The fourth-order valence-electron chi connectivity index (χ4n) is 4.56. The van der Waals surface area contributed by atoms with Gasteiger partial charge in [0.05, 0.1) is 18.8 Å². The lowest BCUT2D eigenvalue weighted by Gasteiger charge is -2.10. The van der Waals surface area contributed by atoms with Crippen molar-refractivity contribution >= 4 is 0 Å². The van der Waals surface area contributed by atoms with Gasteiger partial charge in [0.25, 0.3) is 0 Å². The first-order valence-electron chi connectivity index (χ1n) is 7.86. The molecule has 5 unspecified atom stereocenters. The van der Waals surface area contributed by atoms with E-state index in [0.717, 1.165) is 29.6 Å². The Balaban J connectivity index is 1.42. The average molecular weight is 277 g/mol. The van der Waals surface area contributed by atoms with Gasteiger partial charge in [0.2, 0.25) is 5.89 Å². The van der Waals surface area contributed by atoms with E-state index >= 15 is 0 Å². The second-order valence-electron chi connectivity index (χ2n) is 6.99. The molecule has 3 aliphatic rings. The van der Waals surface area contributed by atoms with Crippen molar-refractivity contribution < 1.29 is 9.26 Å². The Hall–Kier alpha value is -0.940. The van der Waals surface area contributed by atoms with Crippen LogP contribution in [0.4, 0.5) is 0 Å². The Morgan fingerprint density at radius 1 is 1.30 bits per heavy atom. The second-order valence-corrected chi connectivity index (χ2v) is 6.99. The van der Waals surface area contributed by atoms with Gasteiger partial charge in [-0.1, -0.05) is 5.16 Å². The van der Waals surface area contributed by atoms with Crippen LogP contribution < -0.4 is 5.73 Å². The van der Waals surface area contributed by atoms with Gasteiger partial charge in [-0.2, -0.15) is 4.98 Å². The summed E-state index contributed by atoms with van der Waals surface area (Å²) in [4.78, 5) is 4.55. The van der Waals surface area contributed by atoms with Gasteiger partial charge in [-0.3, -0.25) is 0 Å². The van der Waals surface area contributed by atoms with Crippen LogP contribution in [0.2, 0.25) is 0 Å². The summed E-state index contributed by atoms with van der Waals surface area (Å²) in [6.45, 7) is 4.44. The Morgan fingerprint density at radius 3 is 2.65 bits per heavy atom. The summed E-state index contributed by atoms with van der Waals surface area (Å²) >= 11 is 0. The van der Waals surface area contributed by atoms with Crippen molar-refractivity contribution in [2.24, 2.45) is 29.4 Å². The van der Waals surface area contributed by atoms with E-state index in [-0.39, 0.29) is 12.1 Å². The number of hydrogen-bond acceptors (Lipinski definition) is 5. The van der Waals surface area contributed by atoms with Crippen molar-refractivity contribution in [3.05, 3.63) is 11.7 Å². The number of nitrogens with zero attached hydrogens (tertiary/aromatic N) is 2. The summed E-state index contributed by atoms with van der Waals surface area (Å²) in [5.74, 6) is 5.44. The highest BCUT2D eigenvalue weighted by Gasteiger charge is 2.67. The van der Waals surface area contributed by atoms with E-state index in [1.165, 1.54) is 19.3 Å². The molecule has 110 valence electrons. The number of fused-ring (bicyclic) bond motifs is 5. The quantitative estimate of drug-likeness (QED) is 0.893. The smallest absolute Gasteiger partial charge is 0.230 e. The molecule has 3 fully saturated rings. The minimum absolute atomic E-state index is 0.172. The molecule has 0 saturated heterocycles. The first kappa shape index (κ1) is 12.8. The van der Waals surface area contributed by atoms with E-state index in [2.05, 4.69) is 10.1 Å². The molecule has 1 heterocycles. The van der Waals surface area contributed by atoms with E-state index in [9.17, 15) is 0 Å². The fourth-order valence-corrected chi connectivity index (χ4v) is 4.56. The molecule has 1 aromatic rings. The SMILES string of the molecule is CC(C)OCC(N)c1noc(C2C3C4CCC(C4)C23)n1. The van der Waals surface area contributed by atoms with Gasteiger partial charge in [0.1, 0.15) is 0 Å². The predicted octanol–water partition coefficient (Wildman–Crippen LogP) is 2.25. The number of ether oxygens (including phenoxy) is 1.